The van der Waals surface area contributed by atoms with E-state index in [0.29, 0.717) is 17.2 Å². The molecular weight excluding hydrogens is 427 g/mol. The minimum atomic E-state index is -4.64. The number of fused-ring (bicyclic) bond motifs is 1. The first-order valence-electron chi connectivity index (χ1n) is 8.66. The zero-order chi connectivity index (χ0) is 21.9. The summed E-state index contributed by atoms with van der Waals surface area (Å²) in [7, 11) is 1.53. The molecule has 2 aromatic rings. The summed E-state index contributed by atoms with van der Waals surface area (Å²) < 4.78 is 49.1. The van der Waals surface area contributed by atoms with Crippen molar-refractivity contribution < 1.29 is 32.2 Å². The molecule has 0 radical (unpaired) electrons. The van der Waals surface area contributed by atoms with E-state index in [2.05, 4.69) is 10.6 Å². The molecule has 0 fully saturated rings. The van der Waals surface area contributed by atoms with Crippen molar-refractivity contribution in [2.24, 2.45) is 0 Å². The fourth-order valence-corrected chi connectivity index (χ4v) is 2.97. The van der Waals surface area contributed by atoms with Gasteiger partial charge in [-0.25, -0.2) is 0 Å². The van der Waals surface area contributed by atoms with Crippen LogP contribution >= 0.6 is 11.6 Å². The van der Waals surface area contributed by atoms with Gasteiger partial charge in [0.15, 0.2) is 11.5 Å². The van der Waals surface area contributed by atoms with Crippen molar-refractivity contribution in [3.63, 3.8) is 0 Å². The van der Waals surface area contributed by atoms with Gasteiger partial charge in [0.05, 0.1) is 23.7 Å². The number of nitrogens with one attached hydrogen (secondary N) is 2. The highest BCUT2D eigenvalue weighted by molar-refractivity contribution is 6.31. The van der Waals surface area contributed by atoms with E-state index in [9.17, 15) is 22.8 Å². The maximum absolute atomic E-state index is 12.9. The van der Waals surface area contributed by atoms with Crippen LogP contribution in [0.25, 0.3) is 0 Å². The zero-order valence-electron chi connectivity index (χ0n) is 15.7. The monoisotopic (exact) mass is 443 g/mol. The second-order valence-electron chi connectivity index (χ2n) is 6.53. The summed E-state index contributed by atoms with van der Waals surface area (Å²) in [5, 5.41) is 4.57. The lowest BCUT2D eigenvalue weighted by molar-refractivity contribution is -0.137. The number of rotatable bonds is 6. The van der Waals surface area contributed by atoms with Crippen LogP contribution in [0.2, 0.25) is 5.02 Å². The van der Waals surface area contributed by atoms with Gasteiger partial charge in [-0.1, -0.05) is 11.6 Å². The van der Waals surface area contributed by atoms with Gasteiger partial charge in [0.25, 0.3) is 0 Å². The third kappa shape index (κ3) is 5.55. The normalized spacial score (nSPS) is 12.7. The number of hydrogen-bond donors (Lipinski definition) is 2. The van der Waals surface area contributed by atoms with E-state index < -0.39 is 22.7 Å². The molecule has 2 N–H and O–H groups in total. The number of carbonyl (C=O) groups is 2. The summed E-state index contributed by atoms with van der Waals surface area (Å²) in [4.78, 5) is 25.7. The largest absolute Gasteiger partial charge is 0.454 e. The second-order valence-corrected chi connectivity index (χ2v) is 6.94. The lowest BCUT2D eigenvalue weighted by Crippen LogP contribution is -2.36. The number of likely N-dealkylation sites (N-methyl/N-ethyl adjacent to an activating group) is 1. The maximum Gasteiger partial charge on any atom is 0.417 e. The maximum atomic E-state index is 12.9. The van der Waals surface area contributed by atoms with Gasteiger partial charge in [-0.3, -0.25) is 14.5 Å². The molecule has 0 bridgehead atoms. The molecule has 1 heterocycles. The predicted octanol–water partition coefficient (Wildman–Crippen LogP) is 3.60. The van der Waals surface area contributed by atoms with Crippen molar-refractivity contribution in [2.45, 2.75) is 6.18 Å². The molecule has 2 amide bonds. The van der Waals surface area contributed by atoms with Crippen LogP contribution in [-0.4, -0.2) is 43.6 Å². The summed E-state index contributed by atoms with van der Waals surface area (Å²) in [5.41, 5.74) is -0.587. The van der Waals surface area contributed by atoms with E-state index >= 15 is 0 Å². The number of halogens is 4. The van der Waals surface area contributed by atoms with Crippen molar-refractivity contribution >= 4 is 34.8 Å². The Kier molecular flexibility index (Phi) is 6.37. The first-order chi connectivity index (χ1) is 14.1. The molecule has 0 saturated carbocycles. The highest BCUT2D eigenvalue weighted by Crippen LogP contribution is 2.36. The summed E-state index contributed by atoms with van der Waals surface area (Å²) in [6, 6.07) is 8.01. The van der Waals surface area contributed by atoms with Crippen LogP contribution in [0, 0.1) is 0 Å². The van der Waals surface area contributed by atoms with Crippen LogP contribution in [0.15, 0.2) is 36.4 Å². The Bertz CT molecular complexity index is 969. The van der Waals surface area contributed by atoms with Crippen LogP contribution in [0.4, 0.5) is 24.5 Å². The molecule has 1 aliphatic rings. The third-order valence-electron chi connectivity index (χ3n) is 4.04. The first-order valence-corrected chi connectivity index (χ1v) is 9.04. The third-order valence-corrected chi connectivity index (χ3v) is 4.37. The van der Waals surface area contributed by atoms with Gasteiger partial charge in [0.2, 0.25) is 18.6 Å². The molecule has 0 unspecified atom stereocenters. The number of nitrogens with zero attached hydrogens (tertiary/aromatic N) is 1. The number of ether oxygens (including phenoxy) is 2. The second kappa shape index (κ2) is 8.80. The van der Waals surface area contributed by atoms with Crippen LogP contribution in [-0.2, 0) is 15.8 Å². The lowest BCUT2D eigenvalue weighted by Gasteiger charge is -2.17. The molecule has 1 aliphatic heterocycles. The Hall–Kier alpha value is -2.98. The van der Waals surface area contributed by atoms with E-state index in [-0.39, 0.29) is 31.5 Å². The van der Waals surface area contributed by atoms with Crippen molar-refractivity contribution in [1.29, 1.82) is 0 Å². The van der Waals surface area contributed by atoms with Gasteiger partial charge in [0, 0.05) is 17.4 Å². The molecule has 11 heteroatoms. The van der Waals surface area contributed by atoms with Crippen LogP contribution in [0.1, 0.15) is 5.56 Å². The molecule has 0 atom stereocenters. The molecule has 0 aliphatic carbocycles. The van der Waals surface area contributed by atoms with Crippen molar-refractivity contribution in [1.82, 2.24) is 4.90 Å². The smallest absolute Gasteiger partial charge is 0.417 e. The van der Waals surface area contributed by atoms with Gasteiger partial charge in [-0.05, 0) is 37.4 Å². The molecular formula is C19H17ClF3N3O4. The number of carbonyl (C=O) groups excluding carboxylic acids is 2. The highest BCUT2D eigenvalue weighted by atomic mass is 35.5. The van der Waals surface area contributed by atoms with Crippen molar-refractivity contribution in [3.8, 4) is 11.5 Å². The fourth-order valence-electron chi connectivity index (χ4n) is 2.74. The molecule has 0 spiro atoms. The number of anilines is 2. The minimum absolute atomic E-state index is 0.0464. The minimum Gasteiger partial charge on any atom is -0.454 e. The highest BCUT2D eigenvalue weighted by Gasteiger charge is 2.33. The van der Waals surface area contributed by atoms with Gasteiger partial charge < -0.3 is 20.1 Å². The molecule has 30 heavy (non-hydrogen) atoms. The van der Waals surface area contributed by atoms with Gasteiger partial charge in [0.1, 0.15) is 0 Å². The molecule has 0 saturated heterocycles. The van der Waals surface area contributed by atoms with E-state index in [1.807, 2.05) is 0 Å². The summed E-state index contributed by atoms with van der Waals surface area (Å²) in [5.74, 6) is 0.137. The average molecular weight is 444 g/mol. The summed E-state index contributed by atoms with van der Waals surface area (Å²) in [6.07, 6.45) is -4.64. The summed E-state index contributed by atoms with van der Waals surface area (Å²) in [6.45, 7) is -0.211. The van der Waals surface area contributed by atoms with Gasteiger partial charge in [-0.15, -0.1) is 0 Å². The Morgan fingerprint density at radius 1 is 1.00 bits per heavy atom. The molecule has 160 valence electrons. The average Bonchev–Trinajstić information content (AvgIpc) is 3.09. The van der Waals surface area contributed by atoms with E-state index in [4.69, 9.17) is 21.1 Å². The van der Waals surface area contributed by atoms with Gasteiger partial charge >= 0.3 is 6.18 Å². The van der Waals surface area contributed by atoms with Gasteiger partial charge in [-0.2, -0.15) is 13.2 Å². The number of amides is 2. The van der Waals surface area contributed by atoms with Crippen molar-refractivity contribution in [3.05, 3.63) is 47.0 Å². The quantitative estimate of drug-likeness (QED) is 0.713. The fraction of sp³-hybridized carbons (Fsp3) is 0.263. The topological polar surface area (TPSA) is 79.9 Å². The number of alkyl halides is 3. The Labute approximate surface area is 174 Å². The van der Waals surface area contributed by atoms with Crippen LogP contribution < -0.4 is 20.1 Å². The molecule has 7 nitrogen and oxygen atoms in total. The Balaban J connectivity index is 1.51. The number of benzene rings is 2. The Morgan fingerprint density at radius 2 is 1.57 bits per heavy atom. The SMILES string of the molecule is CN(CC(=O)Nc1ccc2c(c1)OCO2)CC(=O)Nc1ccc(Cl)c(C(F)(F)F)c1. The van der Waals surface area contributed by atoms with E-state index in [1.54, 1.807) is 18.2 Å². The lowest BCUT2D eigenvalue weighted by atomic mass is 10.2. The van der Waals surface area contributed by atoms with Crippen LogP contribution in [0.3, 0.4) is 0 Å². The molecule has 0 aromatic heterocycles. The van der Waals surface area contributed by atoms with E-state index in [0.717, 1.165) is 12.1 Å². The predicted molar refractivity (Wildman–Crippen MR) is 104 cm³/mol. The van der Waals surface area contributed by atoms with Crippen molar-refractivity contribution in [2.75, 3.05) is 37.6 Å². The van der Waals surface area contributed by atoms with Crippen LogP contribution in [0.5, 0.6) is 11.5 Å². The first kappa shape index (κ1) is 21.7. The molecule has 2 aromatic carbocycles. The standard InChI is InChI=1S/C19H17ClF3N3O4/c1-26(9-18(28)25-12-3-5-15-16(7-12)30-10-29-15)8-17(27)24-11-2-4-14(20)13(6-11)19(21,22)23/h2-7H,8-10H2,1H3,(H,24,27)(H,25,28). The Morgan fingerprint density at radius 3 is 2.20 bits per heavy atom. The summed E-state index contributed by atoms with van der Waals surface area (Å²) >= 11 is 5.56. The molecule has 3 rings (SSSR count). The van der Waals surface area contributed by atoms with E-state index in [1.165, 1.54) is 18.0 Å². The zero-order valence-corrected chi connectivity index (χ0v) is 16.4. The number of hydrogen-bond acceptors (Lipinski definition) is 5.